The number of aliphatic hydroxyl groups is 1. The van der Waals surface area contributed by atoms with E-state index in [2.05, 4.69) is 11.8 Å². The second-order valence-corrected chi connectivity index (χ2v) is 7.63. The molecule has 1 fully saturated rings. The number of morpholine rings is 1. The molecule has 1 aliphatic heterocycles. The molecule has 0 aliphatic carbocycles. The third-order valence-electron chi connectivity index (χ3n) is 5.37. The third kappa shape index (κ3) is 4.88. The van der Waals surface area contributed by atoms with Crippen LogP contribution in [-0.2, 0) is 10.3 Å². The van der Waals surface area contributed by atoms with Gasteiger partial charge in [0.1, 0.15) is 5.82 Å². The lowest BCUT2D eigenvalue weighted by atomic mass is 9.74. The van der Waals surface area contributed by atoms with E-state index in [1.54, 1.807) is 12.1 Å². The van der Waals surface area contributed by atoms with E-state index >= 15 is 0 Å². The molecule has 1 N–H and O–H groups in total. The van der Waals surface area contributed by atoms with Crippen molar-refractivity contribution in [3.8, 4) is 0 Å². The fourth-order valence-electron chi connectivity index (χ4n) is 3.91. The molecule has 146 valence electrons. The predicted octanol–water partition coefficient (Wildman–Crippen LogP) is 4.58. The summed E-state index contributed by atoms with van der Waals surface area (Å²) in [5, 5.41) is 12.5. The summed E-state index contributed by atoms with van der Waals surface area (Å²) in [4.78, 5) is 2.33. The molecule has 0 spiro atoms. The maximum absolute atomic E-state index is 13.5. The number of hydrogen-bond donors (Lipinski definition) is 1. The summed E-state index contributed by atoms with van der Waals surface area (Å²) in [7, 11) is 0. The van der Waals surface area contributed by atoms with Crippen LogP contribution >= 0.6 is 11.6 Å². The van der Waals surface area contributed by atoms with E-state index in [0.717, 1.165) is 30.6 Å². The van der Waals surface area contributed by atoms with Crippen molar-refractivity contribution in [2.75, 3.05) is 32.8 Å². The molecule has 3 rings (SSSR count). The molecule has 5 heteroatoms. The van der Waals surface area contributed by atoms with Gasteiger partial charge in [0.2, 0.25) is 0 Å². The van der Waals surface area contributed by atoms with Gasteiger partial charge in [-0.15, -0.1) is 0 Å². The van der Waals surface area contributed by atoms with Gasteiger partial charge in [0.15, 0.2) is 0 Å². The van der Waals surface area contributed by atoms with Crippen LogP contribution in [0.2, 0.25) is 5.02 Å². The highest BCUT2D eigenvalue weighted by molar-refractivity contribution is 6.30. The molecular weight excluding hydrogens is 365 g/mol. The Balaban J connectivity index is 2.00. The van der Waals surface area contributed by atoms with E-state index in [9.17, 15) is 9.50 Å². The molecule has 0 bridgehead atoms. The molecule has 0 amide bonds. The lowest BCUT2D eigenvalue weighted by molar-refractivity contribution is -0.0285. The maximum atomic E-state index is 13.5. The van der Waals surface area contributed by atoms with E-state index in [1.165, 1.54) is 12.1 Å². The standard InChI is InChI=1S/C22H27ClFNO2/c1-2-11-22(26,18-5-9-20(24)10-6-18)21(16-25-12-14-27-15-13-25)17-3-7-19(23)8-4-17/h3-10,21,26H,2,11-16H2,1H3/t21-,22-/m1/s1. The molecular formula is C22H27ClFNO2. The molecule has 2 aromatic carbocycles. The number of rotatable bonds is 7. The van der Waals surface area contributed by atoms with Gasteiger partial charge in [-0.25, -0.2) is 4.39 Å². The van der Waals surface area contributed by atoms with Crippen LogP contribution in [-0.4, -0.2) is 42.9 Å². The van der Waals surface area contributed by atoms with Crippen LogP contribution in [0.5, 0.6) is 0 Å². The third-order valence-corrected chi connectivity index (χ3v) is 5.62. The van der Waals surface area contributed by atoms with Crippen LogP contribution in [0.15, 0.2) is 48.5 Å². The summed E-state index contributed by atoms with van der Waals surface area (Å²) in [5.41, 5.74) is 0.694. The molecule has 27 heavy (non-hydrogen) atoms. The molecule has 3 nitrogen and oxygen atoms in total. The van der Waals surface area contributed by atoms with Crippen LogP contribution in [0.1, 0.15) is 36.8 Å². The quantitative estimate of drug-likeness (QED) is 0.749. The van der Waals surface area contributed by atoms with Crippen LogP contribution in [0.4, 0.5) is 4.39 Å². The van der Waals surface area contributed by atoms with Gasteiger partial charge in [-0.2, -0.15) is 0 Å². The van der Waals surface area contributed by atoms with Crippen molar-refractivity contribution < 1.29 is 14.2 Å². The van der Waals surface area contributed by atoms with Gasteiger partial charge in [0, 0.05) is 30.6 Å². The average molecular weight is 392 g/mol. The summed E-state index contributed by atoms with van der Waals surface area (Å²) in [5.74, 6) is -0.452. The van der Waals surface area contributed by atoms with Gasteiger partial charge in [-0.05, 0) is 41.8 Å². The van der Waals surface area contributed by atoms with Crippen molar-refractivity contribution in [1.82, 2.24) is 4.90 Å². The normalized spacial score (nSPS) is 18.8. The summed E-state index contributed by atoms with van der Waals surface area (Å²) in [6.45, 7) is 5.86. The first-order valence-electron chi connectivity index (χ1n) is 9.57. The van der Waals surface area contributed by atoms with E-state index in [0.29, 0.717) is 31.2 Å². The Morgan fingerprint density at radius 1 is 1.11 bits per heavy atom. The Morgan fingerprint density at radius 2 is 1.74 bits per heavy atom. The second-order valence-electron chi connectivity index (χ2n) is 7.20. The molecule has 0 unspecified atom stereocenters. The van der Waals surface area contributed by atoms with E-state index in [4.69, 9.17) is 16.3 Å². The van der Waals surface area contributed by atoms with Crippen molar-refractivity contribution in [2.45, 2.75) is 31.3 Å². The Kier molecular flexibility index (Phi) is 6.88. The van der Waals surface area contributed by atoms with E-state index < -0.39 is 5.60 Å². The van der Waals surface area contributed by atoms with Crippen molar-refractivity contribution in [2.24, 2.45) is 0 Å². The van der Waals surface area contributed by atoms with Gasteiger partial charge >= 0.3 is 0 Å². The van der Waals surface area contributed by atoms with Crippen LogP contribution in [0.25, 0.3) is 0 Å². The lowest BCUT2D eigenvalue weighted by Gasteiger charge is -2.41. The Morgan fingerprint density at radius 3 is 2.33 bits per heavy atom. The van der Waals surface area contributed by atoms with E-state index in [1.807, 2.05) is 24.3 Å². The smallest absolute Gasteiger partial charge is 0.123 e. The van der Waals surface area contributed by atoms with Crippen LogP contribution < -0.4 is 0 Å². The van der Waals surface area contributed by atoms with Crippen LogP contribution in [0, 0.1) is 5.82 Å². The fourth-order valence-corrected chi connectivity index (χ4v) is 4.03. The summed E-state index contributed by atoms with van der Waals surface area (Å²) in [6.07, 6.45) is 1.41. The molecule has 0 aromatic heterocycles. The summed E-state index contributed by atoms with van der Waals surface area (Å²) in [6, 6.07) is 13.9. The molecule has 1 aliphatic rings. The monoisotopic (exact) mass is 391 g/mol. The van der Waals surface area contributed by atoms with Gasteiger partial charge in [0.25, 0.3) is 0 Å². The molecule has 2 atom stereocenters. The molecule has 0 radical (unpaired) electrons. The largest absolute Gasteiger partial charge is 0.384 e. The van der Waals surface area contributed by atoms with Crippen molar-refractivity contribution >= 4 is 11.6 Å². The zero-order valence-electron chi connectivity index (χ0n) is 15.7. The Bertz CT molecular complexity index is 716. The number of halogens is 2. The zero-order valence-corrected chi connectivity index (χ0v) is 16.5. The van der Waals surface area contributed by atoms with Gasteiger partial charge in [0.05, 0.1) is 18.8 Å². The topological polar surface area (TPSA) is 32.7 Å². The highest BCUT2D eigenvalue weighted by atomic mass is 35.5. The highest BCUT2D eigenvalue weighted by Crippen LogP contribution is 2.41. The summed E-state index contributed by atoms with van der Waals surface area (Å²) >= 11 is 6.09. The van der Waals surface area contributed by atoms with Gasteiger partial charge < -0.3 is 9.84 Å². The average Bonchev–Trinajstić information content (AvgIpc) is 2.68. The lowest BCUT2D eigenvalue weighted by Crippen LogP contribution is -2.45. The number of hydrogen-bond acceptors (Lipinski definition) is 3. The highest BCUT2D eigenvalue weighted by Gasteiger charge is 2.39. The zero-order chi connectivity index (χ0) is 19.3. The fraction of sp³-hybridized carbons (Fsp3) is 0.455. The minimum Gasteiger partial charge on any atom is -0.384 e. The first-order chi connectivity index (χ1) is 13.0. The number of benzene rings is 2. The first kappa shape index (κ1) is 20.3. The first-order valence-corrected chi connectivity index (χ1v) is 9.94. The van der Waals surface area contributed by atoms with E-state index in [-0.39, 0.29) is 11.7 Å². The number of nitrogens with zero attached hydrogens (tertiary/aromatic N) is 1. The molecule has 0 saturated carbocycles. The molecule has 1 saturated heterocycles. The molecule has 1 heterocycles. The maximum Gasteiger partial charge on any atom is 0.123 e. The Labute approximate surface area is 165 Å². The van der Waals surface area contributed by atoms with Crippen molar-refractivity contribution in [3.05, 3.63) is 70.5 Å². The second kappa shape index (κ2) is 9.16. The Hall–Kier alpha value is -1.46. The molecule has 2 aromatic rings. The SMILES string of the molecule is CCC[C@@](O)(c1ccc(F)cc1)[C@H](CN1CCOCC1)c1ccc(Cl)cc1. The number of ether oxygens (including phenoxy) is 1. The van der Waals surface area contributed by atoms with Crippen LogP contribution in [0.3, 0.4) is 0 Å². The minimum absolute atomic E-state index is 0.154. The minimum atomic E-state index is -1.09. The van der Waals surface area contributed by atoms with Crippen molar-refractivity contribution in [3.63, 3.8) is 0 Å². The van der Waals surface area contributed by atoms with Gasteiger partial charge in [-0.3, -0.25) is 4.90 Å². The summed E-state index contributed by atoms with van der Waals surface area (Å²) < 4.78 is 19.0. The predicted molar refractivity (Wildman–Crippen MR) is 107 cm³/mol. The van der Waals surface area contributed by atoms with Gasteiger partial charge in [-0.1, -0.05) is 49.2 Å². The van der Waals surface area contributed by atoms with Crippen molar-refractivity contribution in [1.29, 1.82) is 0 Å².